The number of aromatic nitrogens is 1. The van der Waals surface area contributed by atoms with E-state index in [1.165, 1.54) is 11.3 Å². The van der Waals surface area contributed by atoms with Gasteiger partial charge in [0.15, 0.2) is 5.13 Å². The van der Waals surface area contributed by atoms with Gasteiger partial charge in [0.05, 0.1) is 10.2 Å². The number of amides is 2. The first-order chi connectivity index (χ1) is 11.5. The highest BCUT2D eigenvalue weighted by atomic mass is 32.1. The lowest BCUT2D eigenvalue weighted by Gasteiger charge is -2.27. The molecule has 0 radical (unpaired) electrons. The molecule has 0 spiro atoms. The van der Waals surface area contributed by atoms with Crippen molar-refractivity contribution in [3.63, 3.8) is 0 Å². The van der Waals surface area contributed by atoms with E-state index in [1.54, 1.807) is 11.2 Å². The molecular formula is C16H17N5O2S. The number of benzene rings is 1. The molecule has 1 fully saturated rings. The van der Waals surface area contributed by atoms with Crippen molar-refractivity contribution in [2.45, 2.75) is 32.4 Å². The number of hydrogen-bond acceptors (Lipinski definition) is 6. The molecule has 2 aliphatic rings. The van der Waals surface area contributed by atoms with E-state index in [0.29, 0.717) is 11.6 Å². The van der Waals surface area contributed by atoms with Crippen LogP contribution in [0.15, 0.2) is 30.1 Å². The van der Waals surface area contributed by atoms with E-state index >= 15 is 0 Å². The van der Waals surface area contributed by atoms with Crippen LogP contribution < -0.4 is 16.1 Å². The summed E-state index contributed by atoms with van der Waals surface area (Å²) in [6.45, 7) is 3.84. The number of hydrazine groups is 1. The van der Waals surface area contributed by atoms with Gasteiger partial charge in [-0.2, -0.15) is 0 Å². The average Bonchev–Trinajstić information content (AvgIpc) is 3.10. The zero-order valence-corrected chi connectivity index (χ0v) is 14.1. The fraction of sp³-hybridized carbons (Fsp3) is 0.312. The summed E-state index contributed by atoms with van der Waals surface area (Å²) in [4.78, 5) is 28.9. The molecule has 24 heavy (non-hydrogen) atoms. The van der Waals surface area contributed by atoms with E-state index in [-0.39, 0.29) is 17.9 Å². The molecule has 1 saturated heterocycles. The minimum absolute atomic E-state index is 0.0896. The van der Waals surface area contributed by atoms with E-state index in [2.05, 4.69) is 27.1 Å². The summed E-state index contributed by atoms with van der Waals surface area (Å²) >= 11 is 1.45. The molecule has 0 saturated carbocycles. The Kier molecular flexibility index (Phi) is 3.50. The van der Waals surface area contributed by atoms with Crippen molar-refractivity contribution in [3.8, 4) is 0 Å². The van der Waals surface area contributed by atoms with Crippen LogP contribution in [0.1, 0.15) is 18.9 Å². The van der Waals surface area contributed by atoms with Gasteiger partial charge in [-0.1, -0.05) is 17.4 Å². The lowest BCUT2D eigenvalue weighted by Crippen LogP contribution is -2.48. The molecule has 0 bridgehead atoms. The van der Waals surface area contributed by atoms with Gasteiger partial charge in [0.1, 0.15) is 12.1 Å². The maximum atomic E-state index is 12.5. The first-order valence-corrected chi connectivity index (χ1v) is 8.53. The molecular weight excluding hydrogens is 326 g/mol. The third-order valence-corrected chi connectivity index (χ3v) is 5.08. The van der Waals surface area contributed by atoms with Gasteiger partial charge in [-0.25, -0.2) is 10.4 Å². The molecule has 124 valence electrons. The molecule has 4 rings (SSSR count). The highest BCUT2D eigenvalue weighted by Crippen LogP contribution is 2.27. The maximum Gasteiger partial charge on any atom is 0.248 e. The van der Waals surface area contributed by atoms with E-state index in [1.807, 2.05) is 26.0 Å². The first-order valence-electron chi connectivity index (χ1n) is 7.71. The van der Waals surface area contributed by atoms with Gasteiger partial charge >= 0.3 is 0 Å². The lowest BCUT2D eigenvalue weighted by atomic mass is 10.1. The molecule has 2 aliphatic heterocycles. The van der Waals surface area contributed by atoms with Crippen LogP contribution in [-0.2, 0) is 9.59 Å². The third kappa shape index (κ3) is 2.63. The molecule has 2 aromatic rings. The molecule has 1 aromatic heterocycles. The number of nitrogens with zero attached hydrogens (tertiary/aromatic N) is 2. The second-order valence-corrected chi connectivity index (χ2v) is 7.15. The van der Waals surface area contributed by atoms with Gasteiger partial charge in [0, 0.05) is 18.3 Å². The second-order valence-electron chi connectivity index (χ2n) is 6.12. The quantitative estimate of drug-likeness (QED) is 0.769. The zero-order valence-electron chi connectivity index (χ0n) is 13.3. The normalized spacial score (nSPS) is 23.0. The van der Waals surface area contributed by atoms with Crippen molar-refractivity contribution < 1.29 is 9.59 Å². The van der Waals surface area contributed by atoms with Crippen molar-refractivity contribution in [2.24, 2.45) is 0 Å². The SMILES string of the molecule is CC1=CN2NC(C(=O)Nc3nc4ccc(C)cc4s3)CC2C(=O)N1. The van der Waals surface area contributed by atoms with E-state index < -0.39 is 6.04 Å². The molecule has 2 unspecified atom stereocenters. The van der Waals surface area contributed by atoms with Crippen molar-refractivity contribution in [3.05, 3.63) is 35.7 Å². The van der Waals surface area contributed by atoms with Crippen molar-refractivity contribution in [1.29, 1.82) is 0 Å². The monoisotopic (exact) mass is 343 g/mol. The van der Waals surface area contributed by atoms with Crippen LogP contribution in [0.3, 0.4) is 0 Å². The van der Waals surface area contributed by atoms with Gasteiger partial charge < -0.3 is 15.6 Å². The summed E-state index contributed by atoms with van der Waals surface area (Å²) in [5.74, 6) is -0.271. The Morgan fingerprint density at radius 2 is 2.25 bits per heavy atom. The van der Waals surface area contributed by atoms with Crippen molar-refractivity contribution >= 4 is 38.5 Å². The number of rotatable bonds is 2. The zero-order chi connectivity index (χ0) is 16.8. The molecule has 7 nitrogen and oxygen atoms in total. The highest BCUT2D eigenvalue weighted by molar-refractivity contribution is 7.22. The highest BCUT2D eigenvalue weighted by Gasteiger charge is 2.40. The fourth-order valence-corrected chi connectivity index (χ4v) is 3.95. The van der Waals surface area contributed by atoms with Gasteiger partial charge in [-0.15, -0.1) is 0 Å². The smallest absolute Gasteiger partial charge is 0.248 e. The molecule has 3 N–H and O–H groups in total. The van der Waals surface area contributed by atoms with E-state index in [0.717, 1.165) is 21.5 Å². The summed E-state index contributed by atoms with van der Waals surface area (Å²) in [6, 6.07) is 5.17. The Labute approximate surface area is 142 Å². The number of allylic oxidation sites excluding steroid dienone is 1. The minimum atomic E-state index is -0.461. The topological polar surface area (TPSA) is 86.4 Å². The van der Waals surface area contributed by atoms with Crippen LogP contribution in [0.5, 0.6) is 0 Å². The first kappa shape index (κ1) is 15.1. The van der Waals surface area contributed by atoms with Crippen LogP contribution in [-0.4, -0.2) is 33.9 Å². The second kappa shape index (κ2) is 5.57. The number of anilines is 1. The van der Waals surface area contributed by atoms with E-state index in [9.17, 15) is 9.59 Å². The lowest BCUT2D eigenvalue weighted by molar-refractivity contribution is -0.125. The van der Waals surface area contributed by atoms with Gasteiger partial charge in [-0.05, 0) is 31.5 Å². The Balaban J connectivity index is 1.49. The predicted molar refractivity (Wildman–Crippen MR) is 92.1 cm³/mol. The average molecular weight is 343 g/mol. The Bertz CT molecular complexity index is 874. The van der Waals surface area contributed by atoms with E-state index in [4.69, 9.17) is 0 Å². The fourth-order valence-electron chi connectivity index (χ4n) is 2.98. The number of fused-ring (bicyclic) bond motifs is 2. The summed E-state index contributed by atoms with van der Waals surface area (Å²) < 4.78 is 1.04. The number of aryl methyl sites for hydroxylation is 1. The van der Waals surface area contributed by atoms with Crippen molar-refractivity contribution in [2.75, 3.05) is 5.32 Å². The van der Waals surface area contributed by atoms with Crippen LogP contribution in [0.2, 0.25) is 0 Å². The van der Waals surface area contributed by atoms with Crippen LogP contribution in [0, 0.1) is 6.92 Å². The Morgan fingerprint density at radius 3 is 3.08 bits per heavy atom. The van der Waals surface area contributed by atoms with Gasteiger partial charge in [0.25, 0.3) is 0 Å². The van der Waals surface area contributed by atoms with Gasteiger partial charge in [0.2, 0.25) is 11.8 Å². The summed E-state index contributed by atoms with van der Waals surface area (Å²) in [5, 5.41) is 7.92. The maximum absolute atomic E-state index is 12.5. The van der Waals surface area contributed by atoms with Crippen molar-refractivity contribution in [1.82, 2.24) is 20.7 Å². The standard InChI is InChI=1S/C16H17N5O2S/c1-8-3-4-10-13(5-8)24-16(18-10)19-14(22)11-6-12-15(23)17-9(2)7-21(12)20-11/h3-5,7,11-12,20H,6H2,1-2H3,(H,17,23)(H,18,19,22). The third-order valence-electron chi connectivity index (χ3n) is 4.15. The molecule has 1 aromatic carbocycles. The van der Waals surface area contributed by atoms with Crippen LogP contribution >= 0.6 is 11.3 Å². The number of hydrogen-bond donors (Lipinski definition) is 3. The number of carbonyl (C=O) groups is 2. The Morgan fingerprint density at radius 1 is 1.42 bits per heavy atom. The molecule has 2 amide bonds. The molecule has 3 heterocycles. The van der Waals surface area contributed by atoms with Gasteiger partial charge in [-0.3, -0.25) is 9.59 Å². The van der Waals surface area contributed by atoms with Crippen LogP contribution in [0.4, 0.5) is 5.13 Å². The summed E-state index contributed by atoms with van der Waals surface area (Å²) in [5.41, 5.74) is 5.86. The number of thiazole rings is 1. The summed E-state index contributed by atoms with van der Waals surface area (Å²) in [6.07, 6.45) is 2.23. The largest absolute Gasteiger partial charge is 0.327 e. The number of carbonyl (C=O) groups excluding carboxylic acids is 2. The molecule has 2 atom stereocenters. The molecule has 0 aliphatic carbocycles. The Hall–Kier alpha value is -2.45. The minimum Gasteiger partial charge on any atom is -0.327 e. The van der Waals surface area contributed by atoms with Crippen LogP contribution in [0.25, 0.3) is 10.2 Å². The molecule has 8 heteroatoms. The summed E-state index contributed by atoms with van der Waals surface area (Å²) in [7, 11) is 0. The predicted octanol–water partition coefficient (Wildman–Crippen LogP) is 1.48. The number of nitrogens with one attached hydrogen (secondary N) is 3.